The van der Waals surface area contributed by atoms with Crippen molar-refractivity contribution in [3.63, 3.8) is 0 Å². The lowest BCUT2D eigenvalue weighted by atomic mass is 10.1. The molecule has 2 amide bonds. The van der Waals surface area contributed by atoms with Gasteiger partial charge in [0.05, 0.1) is 10.6 Å². The molecule has 0 radical (unpaired) electrons. The molecule has 7 nitrogen and oxygen atoms in total. The van der Waals surface area contributed by atoms with Crippen LogP contribution in [-0.2, 0) is 26.2 Å². The molecule has 3 aromatic rings. The molecule has 1 atom stereocenters. The molecule has 0 bridgehead atoms. The van der Waals surface area contributed by atoms with Crippen molar-refractivity contribution < 1.29 is 18.0 Å². The molecular weight excluding hydrogens is 533 g/mol. The maximum absolute atomic E-state index is 13.8. The van der Waals surface area contributed by atoms with Crippen LogP contribution >= 0.6 is 23.2 Å². The van der Waals surface area contributed by atoms with Crippen LogP contribution in [0.1, 0.15) is 26.3 Å². The van der Waals surface area contributed by atoms with Crippen LogP contribution < -0.4 is 9.62 Å². The van der Waals surface area contributed by atoms with Crippen molar-refractivity contribution in [1.82, 2.24) is 10.2 Å². The van der Waals surface area contributed by atoms with Gasteiger partial charge in [0.2, 0.25) is 11.8 Å². The van der Waals surface area contributed by atoms with Crippen LogP contribution in [0, 0.1) is 0 Å². The molecule has 0 aliphatic carbocycles. The summed E-state index contributed by atoms with van der Waals surface area (Å²) in [6.07, 6.45) is 0. The molecule has 0 aliphatic heterocycles. The predicted molar refractivity (Wildman–Crippen MR) is 147 cm³/mol. The van der Waals surface area contributed by atoms with E-state index in [-0.39, 0.29) is 23.4 Å². The first-order valence-electron chi connectivity index (χ1n) is 11.7. The molecule has 0 fully saturated rings. The second kappa shape index (κ2) is 12.4. The van der Waals surface area contributed by atoms with Crippen molar-refractivity contribution in [2.24, 2.45) is 0 Å². The lowest BCUT2D eigenvalue weighted by Gasteiger charge is -2.32. The molecule has 0 spiro atoms. The number of para-hydroxylation sites is 1. The minimum absolute atomic E-state index is 0.0398. The summed E-state index contributed by atoms with van der Waals surface area (Å²) in [5.41, 5.74) is 0.773. The van der Waals surface area contributed by atoms with E-state index in [1.54, 1.807) is 73.7 Å². The number of carbonyl (C=O) groups is 2. The molecule has 10 heteroatoms. The molecule has 0 aromatic heterocycles. The van der Waals surface area contributed by atoms with Crippen LogP contribution in [0.25, 0.3) is 0 Å². The highest BCUT2D eigenvalue weighted by Crippen LogP contribution is 2.28. The Kier molecular flexibility index (Phi) is 9.59. The quantitative estimate of drug-likeness (QED) is 0.371. The summed E-state index contributed by atoms with van der Waals surface area (Å²) in [6.45, 7) is 4.58. The van der Waals surface area contributed by atoms with Crippen molar-refractivity contribution in [1.29, 1.82) is 0 Å². The summed E-state index contributed by atoms with van der Waals surface area (Å²) in [6, 6.07) is 20.1. The van der Waals surface area contributed by atoms with E-state index in [1.165, 1.54) is 17.0 Å². The van der Waals surface area contributed by atoms with Crippen LogP contribution in [-0.4, -0.2) is 43.8 Å². The Bertz CT molecular complexity index is 1320. The van der Waals surface area contributed by atoms with Gasteiger partial charge in [-0.3, -0.25) is 13.9 Å². The van der Waals surface area contributed by atoms with Crippen LogP contribution in [0.4, 0.5) is 5.69 Å². The van der Waals surface area contributed by atoms with E-state index in [0.717, 1.165) is 4.31 Å². The van der Waals surface area contributed by atoms with Crippen LogP contribution in [0.3, 0.4) is 0 Å². The van der Waals surface area contributed by atoms with E-state index >= 15 is 0 Å². The third-order valence-electron chi connectivity index (χ3n) is 5.64. The maximum atomic E-state index is 13.8. The molecule has 0 saturated heterocycles. The second-order valence-electron chi connectivity index (χ2n) is 8.72. The smallest absolute Gasteiger partial charge is 0.264 e. The number of rotatable bonds is 10. The number of benzene rings is 3. The number of hydrogen-bond donors (Lipinski definition) is 1. The molecule has 3 aromatic carbocycles. The maximum Gasteiger partial charge on any atom is 0.264 e. The number of carbonyl (C=O) groups excluding carboxylic acids is 2. The van der Waals surface area contributed by atoms with Gasteiger partial charge >= 0.3 is 0 Å². The summed E-state index contributed by atoms with van der Waals surface area (Å²) in [4.78, 5) is 28.1. The van der Waals surface area contributed by atoms with Crippen LogP contribution in [0.2, 0.25) is 10.0 Å². The van der Waals surface area contributed by atoms with Gasteiger partial charge in [0, 0.05) is 28.2 Å². The first-order valence-corrected chi connectivity index (χ1v) is 13.9. The van der Waals surface area contributed by atoms with Gasteiger partial charge in [-0.1, -0.05) is 65.7 Å². The van der Waals surface area contributed by atoms with Crippen molar-refractivity contribution >= 4 is 50.7 Å². The number of hydrogen-bond acceptors (Lipinski definition) is 4. The van der Waals surface area contributed by atoms with Crippen molar-refractivity contribution in [3.8, 4) is 0 Å². The van der Waals surface area contributed by atoms with E-state index in [2.05, 4.69) is 5.32 Å². The lowest BCUT2D eigenvalue weighted by Crippen LogP contribution is -2.52. The van der Waals surface area contributed by atoms with Gasteiger partial charge in [0.1, 0.15) is 12.6 Å². The van der Waals surface area contributed by atoms with Crippen LogP contribution in [0.15, 0.2) is 83.8 Å². The highest BCUT2D eigenvalue weighted by molar-refractivity contribution is 7.92. The van der Waals surface area contributed by atoms with Crippen molar-refractivity contribution in [2.75, 3.05) is 10.8 Å². The van der Waals surface area contributed by atoms with Crippen molar-refractivity contribution in [3.05, 3.63) is 94.5 Å². The SMILES string of the molecule is CC(C)NC(=O)[C@H](C)N(Cc1c(Cl)cccc1Cl)C(=O)CN(c1ccccc1)S(=O)(=O)c1ccccc1. The summed E-state index contributed by atoms with van der Waals surface area (Å²) in [7, 11) is -4.10. The number of amides is 2. The topological polar surface area (TPSA) is 86.8 Å². The highest BCUT2D eigenvalue weighted by Gasteiger charge is 2.33. The lowest BCUT2D eigenvalue weighted by molar-refractivity contribution is -0.139. The third kappa shape index (κ3) is 7.03. The Morgan fingerprint density at radius 3 is 1.92 bits per heavy atom. The Hall–Kier alpha value is -3.07. The minimum Gasteiger partial charge on any atom is -0.352 e. The normalized spacial score (nSPS) is 12.2. The predicted octanol–water partition coefficient (Wildman–Crippen LogP) is 5.13. The summed E-state index contributed by atoms with van der Waals surface area (Å²) < 4.78 is 28.3. The van der Waals surface area contributed by atoms with Gasteiger partial charge in [-0.2, -0.15) is 0 Å². The van der Waals surface area contributed by atoms with E-state index in [4.69, 9.17) is 23.2 Å². The standard InChI is InChI=1S/C27H29Cl2N3O4S/c1-19(2)30-27(34)20(3)31(17-23-24(28)15-10-16-25(23)29)26(33)18-32(21-11-6-4-7-12-21)37(35,36)22-13-8-5-9-14-22/h4-16,19-20H,17-18H2,1-3H3,(H,30,34)/t20-/m0/s1. The molecule has 1 N–H and O–H groups in total. The van der Waals surface area contributed by atoms with Gasteiger partial charge < -0.3 is 10.2 Å². The molecule has 37 heavy (non-hydrogen) atoms. The first kappa shape index (κ1) is 28.5. The summed E-state index contributed by atoms with van der Waals surface area (Å²) in [5.74, 6) is -0.977. The molecule has 3 rings (SSSR count). The Labute approximate surface area is 228 Å². The Balaban J connectivity index is 2.03. The minimum atomic E-state index is -4.10. The monoisotopic (exact) mass is 561 g/mol. The zero-order valence-electron chi connectivity index (χ0n) is 20.8. The molecule has 0 unspecified atom stereocenters. The van der Waals surface area contributed by atoms with E-state index < -0.39 is 28.5 Å². The molecule has 196 valence electrons. The number of halogens is 2. The largest absolute Gasteiger partial charge is 0.352 e. The fourth-order valence-electron chi connectivity index (χ4n) is 3.68. The van der Waals surface area contributed by atoms with Gasteiger partial charge in [-0.15, -0.1) is 0 Å². The molecule has 0 aliphatic rings. The highest BCUT2D eigenvalue weighted by atomic mass is 35.5. The van der Waals surface area contributed by atoms with Gasteiger partial charge in [-0.05, 0) is 57.2 Å². The number of nitrogens with zero attached hydrogens (tertiary/aromatic N) is 2. The summed E-state index contributed by atoms with van der Waals surface area (Å²) >= 11 is 12.7. The van der Waals surface area contributed by atoms with Crippen molar-refractivity contribution in [2.45, 2.75) is 44.3 Å². The van der Waals surface area contributed by atoms with Gasteiger partial charge in [0.25, 0.3) is 10.0 Å². The van der Waals surface area contributed by atoms with E-state index in [1.807, 2.05) is 13.8 Å². The zero-order valence-corrected chi connectivity index (χ0v) is 23.1. The molecular formula is C27H29Cl2N3O4S. The second-order valence-corrected chi connectivity index (χ2v) is 11.4. The number of anilines is 1. The third-order valence-corrected chi connectivity index (χ3v) is 8.14. The Morgan fingerprint density at radius 1 is 0.838 bits per heavy atom. The van der Waals surface area contributed by atoms with E-state index in [9.17, 15) is 18.0 Å². The number of nitrogens with one attached hydrogen (secondary N) is 1. The molecule has 0 saturated carbocycles. The number of sulfonamides is 1. The fourth-order valence-corrected chi connectivity index (χ4v) is 5.64. The average Bonchev–Trinajstić information content (AvgIpc) is 2.87. The zero-order chi connectivity index (χ0) is 27.2. The Morgan fingerprint density at radius 2 is 1.38 bits per heavy atom. The molecule has 0 heterocycles. The fraction of sp³-hybridized carbons (Fsp3) is 0.259. The summed E-state index contributed by atoms with van der Waals surface area (Å²) in [5, 5.41) is 3.47. The van der Waals surface area contributed by atoms with Crippen LogP contribution in [0.5, 0.6) is 0 Å². The first-order chi connectivity index (χ1) is 17.5. The van der Waals surface area contributed by atoms with Gasteiger partial charge in [-0.25, -0.2) is 8.42 Å². The average molecular weight is 563 g/mol. The van der Waals surface area contributed by atoms with Gasteiger partial charge in [0.15, 0.2) is 0 Å². The van der Waals surface area contributed by atoms with E-state index in [0.29, 0.717) is 21.3 Å².